The molecule has 2 aromatic carbocycles. The van der Waals surface area contributed by atoms with E-state index in [2.05, 4.69) is 10.2 Å². The maximum absolute atomic E-state index is 12.7. The number of nitrogens with zero attached hydrogens (tertiary/aromatic N) is 1. The number of sulfone groups is 1. The van der Waals surface area contributed by atoms with Gasteiger partial charge in [-0.1, -0.05) is 56.0 Å². The summed E-state index contributed by atoms with van der Waals surface area (Å²) in [5, 5.41) is 3.17. The predicted octanol–water partition coefficient (Wildman–Crippen LogP) is 4.19. The standard InChI is InChI=1S/C25H32N2O3S/c28-25(26-22-16-17-27(18-22)23-8-4-1-2-5-9-23)21-14-12-20(13-15-21)19-31(29,30)24-10-6-3-7-11-24/h3,6-7,10-15,22-23H,1-2,4-5,8-9,16-19H2,(H,26,28). The second kappa shape index (κ2) is 9.96. The first-order chi connectivity index (χ1) is 15.0. The molecule has 1 aliphatic heterocycles. The molecule has 0 bridgehead atoms. The molecule has 2 aromatic rings. The van der Waals surface area contributed by atoms with Gasteiger partial charge in [0.05, 0.1) is 10.6 Å². The van der Waals surface area contributed by atoms with Crippen molar-refractivity contribution < 1.29 is 13.2 Å². The summed E-state index contributed by atoms with van der Waals surface area (Å²) in [5.41, 5.74) is 1.26. The highest BCUT2D eigenvalue weighted by molar-refractivity contribution is 7.90. The Morgan fingerprint density at radius 2 is 1.58 bits per heavy atom. The molecule has 1 unspecified atom stereocenters. The van der Waals surface area contributed by atoms with Crippen molar-refractivity contribution in [2.24, 2.45) is 0 Å². The van der Waals surface area contributed by atoms with E-state index in [-0.39, 0.29) is 17.7 Å². The fraction of sp³-hybridized carbons (Fsp3) is 0.480. The maximum Gasteiger partial charge on any atom is 0.251 e. The number of benzene rings is 2. The summed E-state index contributed by atoms with van der Waals surface area (Å²) in [4.78, 5) is 15.6. The van der Waals surface area contributed by atoms with Crippen LogP contribution in [0.4, 0.5) is 0 Å². The number of carbonyl (C=O) groups is 1. The largest absolute Gasteiger partial charge is 0.348 e. The van der Waals surface area contributed by atoms with E-state index in [1.165, 1.54) is 38.5 Å². The summed E-state index contributed by atoms with van der Waals surface area (Å²) in [5.74, 6) is -0.150. The predicted molar refractivity (Wildman–Crippen MR) is 123 cm³/mol. The highest BCUT2D eigenvalue weighted by Gasteiger charge is 2.29. The topological polar surface area (TPSA) is 66.5 Å². The molecule has 2 fully saturated rings. The maximum atomic E-state index is 12.7. The van der Waals surface area contributed by atoms with Gasteiger partial charge in [0.1, 0.15) is 0 Å². The van der Waals surface area contributed by atoms with Crippen molar-refractivity contribution in [3.8, 4) is 0 Å². The van der Waals surface area contributed by atoms with Gasteiger partial charge in [0.2, 0.25) is 0 Å². The molecule has 1 heterocycles. The lowest BCUT2D eigenvalue weighted by Crippen LogP contribution is -2.39. The Morgan fingerprint density at radius 3 is 2.26 bits per heavy atom. The molecule has 6 heteroatoms. The van der Waals surface area contributed by atoms with Crippen LogP contribution in [0.3, 0.4) is 0 Å². The lowest BCUT2D eigenvalue weighted by Gasteiger charge is -2.26. The SMILES string of the molecule is O=C(NC1CCN(C2CCCCCC2)C1)c1ccc(CS(=O)(=O)c2ccccc2)cc1. The van der Waals surface area contributed by atoms with Gasteiger partial charge in [-0.15, -0.1) is 0 Å². The summed E-state index contributed by atoms with van der Waals surface area (Å²) < 4.78 is 25.1. The van der Waals surface area contributed by atoms with Crippen molar-refractivity contribution in [2.45, 2.75) is 67.7 Å². The fourth-order valence-corrected chi connectivity index (χ4v) is 6.18. The third-order valence-corrected chi connectivity index (χ3v) is 8.27. The fourth-order valence-electron chi connectivity index (χ4n) is 4.81. The number of hydrogen-bond acceptors (Lipinski definition) is 4. The molecule has 31 heavy (non-hydrogen) atoms. The van der Waals surface area contributed by atoms with Crippen molar-refractivity contribution in [1.29, 1.82) is 0 Å². The average molecular weight is 441 g/mol. The van der Waals surface area contributed by atoms with Gasteiger partial charge in [0.15, 0.2) is 9.84 Å². The van der Waals surface area contributed by atoms with Crippen LogP contribution in [-0.4, -0.2) is 44.4 Å². The van der Waals surface area contributed by atoms with Gasteiger partial charge in [-0.25, -0.2) is 8.42 Å². The zero-order valence-electron chi connectivity index (χ0n) is 18.0. The number of hydrogen-bond donors (Lipinski definition) is 1. The Morgan fingerprint density at radius 1 is 0.903 bits per heavy atom. The molecule has 1 saturated heterocycles. The van der Waals surface area contributed by atoms with Crippen molar-refractivity contribution in [3.63, 3.8) is 0 Å². The summed E-state index contributed by atoms with van der Waals surface area (Å²) in [7, 11) is -3.39. The zero-order valence-corrected chi connectivity index (χ0v) is 18.8. The smallest absolute Gasteiger partial charge is 0.251 e. The van der Waals surface area contributed by atoms with Crippen LogP contribution < -0.4 is 5.32 Å². The first-order valence-electron chi connectivity index (χ1n) is 11.4. The van der Waals surface area contributed by atoms with E-state index in [4.69, 9.17) is 0 Å². The van der Waals surface area contributed by atoms with Crippen LogP contribution in [0, 0.1) is 0 Å². The van der Waals surface area contributed by atoms with Crippen LogP contribution >= 0.6 is 0 Å². The minimum atomic E-state index is -3.39. The lowest BCUT2D eigenvalue weighted by atomic mass is 10.1. The lowest BCUT2D eigenvalue weighted by molar-refractivity contribution is 0.0935. The van der Waals surface area contributed by atoms with Crippen molar-refractivity contribution in [1.82, 2.24) is 10.2 Å². The molecule has 1 N–H and O–H groups in total. The van der Waals surface area contributed by atoms with Gasteiger partial charge in [0, 0.05) is 30.7 Å². The first-order valence-corrected chi connectivity index (χ1v) is 13.1. The minimum absolute atomic E-state index is 0.0715. The molecule has 1 aliphatic carbocycles. The van der Waals surface area contributed by atoms with E-state index in [0.29, 0.717) is 22.1 Å². The average Bonchev–Trinajstić information content (AvgIpc) is 3.06. The Bertz CT molecular complexity index is 966. The number of rotatable bonds is 6. The Hall–Kier alpha value is -2.18. The molecule has 166 valence electrons. The van der Waals surface area contributed by atoms with Gasteiger partial charge in [-0.05, 0) is 49.1 Å². The molecule has 1 atom stereocenters. The van der Waals surface area contributed by atoms with Crippen molar-refractivity contribution >= 4 is 15.7 Å². The Kier molecular flexibility index (Phi) is 7.08. The van der Waals surface area contributed by atoms with Gasteiger partial charge in [0.25, 0.3) is 5.91 Å². The van der Waals surface area contributed by atoms with E-state index < -0.39 is 9.84 Å². The number of carbonyl (C=O) groups excluding carboxylic acids is 1. The molecular weight excluding hydrogens is 408 g/mol. The normalized spacial score (nSPS) is 21.0. The molecule has 2 aliphatic rings. The number of nitrogens with one attached hydrogen (secondary N) is 1. The zero-order chi connectivity index (χ0) is 21.7. The van der Waals surface area contributed by atoms with E-state index >= 15 is 0 Å². The number of likely N-dealkylation sites (tertiary alicyclic amines) is 1. The van der Waals surface area contributed by atoms with Gasteiger partial charge in [-0.3, -0.25) is 9.69 Å². The van der Waals surface area contributed by atoms with Gasteiger partial charge < -0.3 is 5.32 Å². The summed E-state index contributed by atoms with van der Waals surface area (Å²) >= 11 is 0. The quantitative estimate of drug-likeness (QED) is 0.684. The van der Waals surface area contributed by atoms with Crippen LogP contribution in [0.2, 0.25) is 0 Å². The highest BCUT2D eigenvalue weighted by atomic mass is 32.2. The van der Waals surface area contributed by atoms with Crippen LogP contribution in [-0.2, 0) is 15.6 Å². The second-order valence-electron chi connectivity index (χ2n) is 8.87. The molecule has 0 radical (unpaired) electrons. The van der Waals surface area contributed by atoms with Crippen molar-refractivity contribution in [2.75, 3.05) is 13.1 Å². The van der Waals surface area contributed by atoms with Gasteiger partial charge >= 0.3 is 0 Å². The van der Waals surface area contributed by atoms with E-state index in [1.807, 2.05) is 0 Å². The van der Waals surface area contributed by atoms with Crippen LogP contribution in [0.15, 0.2) is 59.5 Å². The third kappa shape index (κ3) is 5.74. The molecular formula is C25H32N2O3S. The van der Waals surface area contributed by atoms with Crippen LogP contribution in [0.5, 0.6) is 0 Å². The van der Waals surface area contributed by atoms with Gasteiger partial charge in [-0.2, -0.15) is 0 Å². The van der Waals surface area contributed by atoms with E-state index in [9.17, 15) is 13.2 Å². The van der Waals surface area contributed by atoms with E-state index in [1.54, 1.807) is 54.6 Å². The highest BCUT2D eigenvalue weighted by Crippen LogP contribution is 2.25. The molecule has 1 amide bonds. The monoisotopic (exact) mass is 440 g/mol. The molecule has 4 rings (SSSR count). The molecule has 5 nitrogen and oxygen atoms in total. The third-order valence-electron chi connectivity index (χ3n) is 6.57. The number of amides is 1. The first kappa shape index (κ1) is 22.0. The Balaban J connectivity index is 1.31. The summed E-state index contributed by atoms with van der Waals surface area (Å²) in [6.07, 6.45) is 8.92. The Labute approximate surface area is 185 Å². The second-order valence-corrected chi connectivity index (χ2v) is 10.9. The minimum Gasteiger partial charge on any atom is -0.348 e. The van der Waals surface area contributed by atoms with Crippen LogP contribution in [0.1, 0.15) is 60.9 Å². The van der Waals surface area contributed by atoms with E-state index in [0.717, 1.165) is 19.5 Å². The summed E-state index contributed by atoms with van der Waals surface area (Å²) in [6, 6.07) is 16.3. The molecule has 1 saturated carbocycles. The molecule has 0 spiro atoms. The summed E-state index contributed by atoms with van der Waals surface area (Å²) in [6.45, 7) is 2.00. The van der Waals surface area contributed by atoms with Crippen molar-refractivity contribution in [3.05, 3.63) is 65.7 Å². The molecule has 0 aromatic heterocycles. The van der Waals surface area contributed by atoms with Crippen LogP contribution in [0.25, 0.3) is 0 Å².